The molecule has 1 aliphatic heterocycles. The number of hydrogen-bond donors (Lipinski definition) is 0. The van der Waals surface area contributed by atoms with E-state index >= 15 is 0 Å². The highest BCUT2D eigenvalue weighted by atomic mass is 16.6. The molecule has 1 rings (SSSR count). The Morgan fingerprint density at radius 3 is 2.48 bits per heavy atom. The van der Waals surface area contributed by atoms with Gasteiger partial charge in [0.2, 0.25) is 0 Å². The maximum absolute atomic E-state index is 12.5. The van der Waals surface area contributed by atoms with Gasteiger partial charge < -0.3 is 14.2 Å². The second kappa shape index (κ2) is 9.46. The van der Waals surface area contributed by atoms with Crippen molar-refractivity contribution >= 4 is 6.09 Å². The van der Waals surface area contributed by atoms with Gasteiger partial charge in [0.1, 0.15) is 11.7 Å². The Bertz CT molecular complexity index is 453. The predicted molar refractivity (Wildman–Crippen MR) is 100 cm³/mol. The van der Waals surface area contributed by atoms with E-state index in [1.54, 1.807) is 4.90 Å². The standard InChI is InChI=1S/C20H37NO4/c1-14(2)15(3)9-10-16(4)24-17(5)18-13-23-12-11-21(18)19(22)25-20(6,7)8/h10,14-15,17-18H,9,11-13H2,1-8H3/b16-10+. The lowest BCUT2D eigenvalue weighted by Crippen LogP contribution is -2.55. The first kappa shape index (κ1) is 21.8. The average molecular weight is 356 g/mol. The minimum absolute atomic E-state index is 0.144. The van der Waals surface area contributed by atoms with Crippen LogP contribution in [0.25, 0.3) is 0 Å². The topological polar surface area (TPSA) is 48.0 Å². The number of amides is 1. The van der Waals surface area contributed by atoms with E-state index in [1.807, 2.05) is 34.6 Å². The minimum atomic E-state index is -0.507. The van der Waals surface area contributed by atoms with Crippen molar-refractivity contribution in [2.45, 2.75) is 79.6 Å². The van der Waals surface area contributed by atoms with Crippen LogP contribution >= 0.6 is 0 Å². The number of ether oxygens (including phenoxy) is 3. The molecule has 1 amide bonds. The number of carbonyl (C=O) groups is 1. The van der Waals surface area contributed by atoms with Crippen LogP contribution in [0.2, 0.25) is 0 Å². The molecule has 3 atom stereocenters. The number of nitrogens with zero attached hydrogens (tertiary/aromatic N) is 1. The second-order valence-corrected chi connectivity index (χ2v) is 8.41. The lowest BCUT2D eigenvalue weighted by atomic mass is 9.94. The molecule has 25 heavy (non-hydrogen) atoms. The van der Waals surface area contributed by atoms with Gasteiger partial charge in [-0.3, -0.25) is 4.90 Å². The molecule has 5 heteroatoms. The molecule has 0 saturated carbocycles. The molecule has 0 radical (unpaired) electrons. The molecule has 5 nitrogen and oxygen atoms in total. The SMILES string of the molecule is C/C(=C\CC(C)C(C)C)OC(C)C1COCCN1C(=O)OC(C)(C)C. The average Bonchev–Trinajstić information content (AvgIpc) is 2.50. The summed E-state index contributed by atoms with van der Waals surface area (Å²) in [6, 6.07) is -0.144. The zero-order chi connectivity index (χ0) is 19.2. The highest BCUT2D eigenvalue weighted by Crippen LogP contribution is 2.21. The third-order valence-corrected chi connectivity index (χ3v) is 4.62. The van der Waals surface area contributed by atoms with Crippen LogP contribution < -0.4 is 0 Å². The fraction of sp³-hybridized carbons (Fsp3) is 0.850. The Hall–Kier alpha value is -1.23. The van der Waals surface area contributed by atoms with Crippen molar-refractivity contribution in [3.63, 3.8) is 0 Å². The van der Waals surface area contributed by atoms with Gasteiger partial charge in [-0.25, -0.2) is 4.79 Å². The first-order chi connectivity index (χ1) is 11.5. The molecule has 3 unspecified atom stereocenters. The summed E-state index contributed by atoms with van der Waals surface area (Å²) in [7, 11) is 0. The van der Waals surface area contributed by atoms with Gasteiger partial charge in [0.05, 0.1) is 25.0 Å². The fourth-order valence-corrected chi connectivity index (χ4v) is 2.60. The largest absolute Gasteiger partial charge is 0.493 e. The predicted octanol–water partition coefficient (Wildman–Crippen LogP) is 4.61. The van der Waals surface area contributed by atoms with Crippen molar-refractivity contribution < 1.29 is 19.0 Å². The van der Waals surface area contributed by atoms with E-state index in [1.165, 1.54) is 0 Å². The molecule has 1 aliphatic rings. The van der Waals surface area contributed by atoms with Gasteiger partial charge in [0, 0.05) is 6.54 Å². The number of rotatable bonds is 6. The molecular weight excluding hydrogens is 318 g/mol. The van der Waals surface area contributed by atoms with E-state index in [2.05, 4.69) is 26.8 Å². The number of morpholine rings is 1. The van der Waals surface area contributed by atoms with Crippen molar-refractivity contribution in [3.05, 3.63) is 11.8 Å². The molecule has 0 aromatic rings. The second-order valence-electron chi connectivity index (χ2n) is 8.41. The smallest absolute Gasteiger partial charge is 0.410 e. The summed E-state index contributed by atoms with van der Waals surface area (Å²) in [5.41, 5.74) is -0.507. The molecule has 0 aliphatic carbocycles. The van der Waals surface area contributed by atoms with Gasteiger partial charge in [-0.05, 0) is 59.0 Å². The number of hydrogen-bond acceptors (Lipinski definition) is 4. The van der Waals surface area contributed by atoms with Gasteiger partial charge in [-0.2, -0.15) is 0 Å². The zero-order valence-electron chi connectivity index (χ0n) is 17.3. The van der Waals surface area contributed by atoms with Crippen LogP contribution in [0.15, 0.2) is 11.8 Å². The summed E-state index contributed by atoms with van der Waals surface area (Å²) < 4.78 is 17.2. The van der Waals surface area contributed by atoms with Crippen molar-refractivity contribution in [1.82, 2.24) is 4.90 Å². The van der Waals surface area contributed by atoms with E-state index in [9.17, 15) is 4.79 Å². The zero-order valence-corrected chi connectivity index (χ0v) is 17.3. The van der Waals surface area contributed by atoms with E-state index in [0.29, 0.717) is 31.6 Å². The number of allylic oxidation sites excluding steroid dienone is 2. The van der Waals surface area contributed by atoms with Gasteiger partial charge in [0.25, 0.3) is 0 Å². The molecular formula is C20H37NO4. The van der Waals surface area contributed by atoms with E-state index < -0.39 is 5.60 Å². The van der Waals surface area contributed by atoms with Crippen LogP contribution in [0, 0.1) is 11.8 Å². The molecule has 0 N–H and O–H groups in total. The van der Waals surface area contributed by atoms with Crippen molar-refractivity contribution in [2.24, 2.45) is 11.8 Å². The fourth-order valence-electron chi connectivity index (χ4n) is 2.60. The van der Waals surface area contributed by atoms with Crippen LogP contribution in [0.4, 0.5) is 4.79 Å². The van der Waals surface area contributed by atoms with E-state index in [4.69, 9.17) is 14.2 Å². The van der Waals surface area contributed by atoms with Crippen LogP contribution in [0.5, 0.6) is 0 Å². The van der Waals surface area contributed by atoms with Crippen molar-refractivity contribution in [1.29, 1.82) is 0 Å². The first-order valence-corrected chi connectivity index (χ1v) is 9.42. The normalized spacial score (nSPS) is 21.9. The Labute approximate surface area is 153 Å². The van der Waals surface area contributed by atoms with Gasteiger partial charge in [0.15, 0.2) is 0 Å². The van der Waals surface area contributed by atoms with Crippen LogP contribution in [-0.4, -0.2) is 48.5 Å². The minimum Gasteiger partial charge on any atom is -0.493 e. The summed E-state index contributed by atoms with van der Waals surface area (Å²) >= 11 is 0. The Balaban J connectivity index is 2.68. The molecule has 1 saturated heterocycles. The quantitative estimate of drug-likeness (QED) is 0.653. The maximum atomic E-state index is 12.5. The summed E-state index contributed by atoms with van der Waals surface area (Å²) in [4.78, 5) is 14.2. The third kappa shape index (κ3) is 7.68. The molecule has 0 bridgehead atoms. The van der Waals surface area contributed by atoms with E-state index in [0.717, 1.165) is 12.2 Å². The highest BCUT2D eigenvalue weighted by Gasteiger charge is 2.35. The van der Waals surface area contributed by atoms with Crippen LogP contribution in [-0.2, 0) is 14.2 Å². The molecule has 1 fully saturated rings. The van der Waals surface area contributed by atoms with Crippen molar-refractivity contribution in [3.8, 4) is 0 Å². The van der Waals surface area contributed by atoms with E-state index in [-0.39, 0.29) is 18.2 Å². The Morgan fingerprint density at radius 1 is 1.28 bits per heavy atom. The summed E-state index contributed by atoms with van der Waals surface area (Å²) in [5, 5.41) is 0. The maximum Gasteiger partial charge on any atom is 0.410 e. The van der Waals surface area contributed by atoms with Gasteiger partial charge >= 0.3 is 6.09 Å². The Kier molecular flexibility index (Phi) is 8.26. The third-order valence-electron chi connectivity index (χ3n) is 4.62. The number of carbonyl (C=O) groups excluding carboxylic acids is 1. The molecule has 0 aromatic carbocycles. The summed E-state index contributed by atoms with van der Waals surface area (Å²) in [5.74, 6) is 2.16. The molecule has 0 aromatic heterocycles. The summed E-state index contributed by atoms with van der Waals surface area (Å²) in [6.07, 6.45) is 2.68. The summed E-state index contributed by atoms with van der Waals surface area (Å²) in [6.45, 7) is 17.8. The van der Waals surface area contributed by atoms with Gasteiger partial charge in [-0.15, -0.1) is 0 Å². The lowest BCUT2D eigenvalue weighted by molar-refractivity contribution is -0.0684. The van der Waals surface area contributed by atoms with Gasteiger partial charge in [-0.1, -0.05) is 20.8 Å². The lowest BCUT2D eigenvalue weighted by Gasteiger charge is -2.39. The molecule has 0 spiro atoms. The van der Waals surface area contributed by atoms with Crippen molar-refractivity contribution in [2.75, 3.05) is 19.8 Å². The van der Waals surface area contributed by atoms with Crippen LogP contribution in [0.1, 0.15) is 61.8 Å². The molecule has 146 valence electrons. The van der Waals surface area contributed by atoms with Crippen LogP contribution in [0.3, 0.4) is 0 Å². The molecule has 1 heterocycles. The Morgan fingerprint density at radius 2 is 1.92 bits per heavy atom. The first-order valence-electron chi connectivity index (χ1n) is 9.42. The monoisotopic (exact) mass is 355 g/mol. The highest BCUT2D eigenvalue weighted by molar-refractivity contribution is 5.68.